The predicted molar refractivity (Wildman–Crippen MR) is 113 cm³/mol. The van der Waals surface area contributed by atoms with E-state index in [-0.39, 0.29) is 11.7 Å². The zero-order chi connectivity index (χ0) is 18.6. The molecule has 0 radical (unpaired) electrons. The van der Waals surface area contributed by atoms with Crippen molar-refractivity contribution in [1.29, 1.82) is 0 Å². The Bertz CT molecular complexity index is 707. The highest BCUT2D eigenvalue weighted by molar-refractivity contribution is 14.2. The van der Waals surface area contributed by atoms with Crippen molar-refractivity contribution < 1.29 is 19.7 Å². The highest BCUT2D eigenvalue weighted by atomic mass is 127. The molecule has 2 aromatic carbocycles. The Morgan fingerprint density at radius 3 is 1.96 bits per heavy atom. The largest absolute Gasteiger partial charge is 0.508 e. The van der Waals surface area contributed by atoms with Gasteiger partial charge in [-0.05, 0) is 47.9 Å². The first-order chi connectivity index (χ1) is 11.8. The average molecular weight is 567 g/mol. The lowest BCUT2D eigenvalue weighted by molar-refractivity contribution is -0.147. The SMILES string of the molecule is CC(C)[C@](Cc1ccc(Oc2ccc(O)cc2)cc1)(C(=O)O)N(I)I. The zero-order valence-corrected chi connectivity index (χ0v) is 18.1. The van der Waals surface area contributed by atoms with E-state index < -0.39 is 11.5 Å². The molecule has 2 rings (SSSR count). The summed E-state index contributed by atoms with van der Waals surface area (Å²) >= 11 is 4.07. The fraction of sp³-hybridized carbons (Fsp3) is 0.278. The van der Waals surface area contributed by atoms with E-state index in [0.29, 0.717) is 17.9 Å². The fourth-order valence-corrected chi connectivity index (χ4v) is 4.36. The van der Waals surface area contributed by atoms with Crippen molar-refractivity contribution in [3.05, 3.63) is 54.1 Å². The minimum absolute atomic E-state index is 0.0632. The molecule has 2 aromatic rings. The molecule has 134 valence electrons. The van der Waals surface area contributed by atoms with Crippen molar-refractivity contribution in [2.45, 2.75) is 25.8 Å². The van der Waals surface area contributed by atoms with Crippen LogP contribution < -0.4 is 4.74 Å². The number of rotatable bonds is 7. The molecule has 0 bridgehead atoms. The van der Waals surface area contributed by atoms with Gasteiger partial charge in [0.1, 0.15) is 22.8 Å². The molecule has 25 heavy (non-hydrogen) atoms. The first kappa shape index (κ1) is 20.2. The van der Waals surface area contributed by atoms with Crippen molar-refractivity contribution in [3.8, 4) is 17.2 Å². The molecule has 0 aromatic heterocycles. The maximum absolute atomic E-state index is 11.9. The molecule has 0 unspecified atom stereocenters. The number of carboxylic acids is 1. The summed E-state index contributed by atoms with van der Waals surface area (Å²) in [6.45, 7) is 3.83. The summed E-state index contributed by atoms with van der Waals surface area (Å²) in [5.74, 6) is 0.560. The Hall–Kier alpha value is -1.07. The van der Waals surface area contributed by atoms with Gasteiger partial charge in [0.25, 0.3) is 0 Å². The third-order valence-electron chi connectivity index (χ3n) is 4.10. The second-order valence-electron chi connectivity index (χ2n) is 6.03. The summed E-state index contributed by atoms with van der Waals surface area (Å²) in [5.41, 5.74) is -0.0621. The van der Waals surface area contributed by atoms with Gasteiger partial charge in [0.05, 0.1) is 0 Å². The molecule has 2 N–H and O–H groups in total. The molecule has 0 aliphatic heterocycles. The van der Waals surface area contributed by atoms with E-state index in [1.165, 1.54) is 0 Å². The van der Waals surface area contributed by atoms with Crippen molar-refractivity contribution in [1.82, 2.24) is 1.33 Å². The van der Waals surface area contributed by atoms with Gasteiger partial charge in [0, 0.05) is 52.1 Å². The zero-order valence-electron chi connectivity index (χ0n) is 13.8. The van der Waals surface area contributed by atoms with Crippen molar-refractivity contribution in [2.24, 2.45) is 5.92 Å². The minimum Gasteiger partial charge on any atom is -0.508 e. The maximum atomic E-state index is 11.9. The number of carbonyl (C=O) groups is 1. The van der Waals surface area contributed by atoms with Crippen LogP contribution in [-0.4, -0.2) is 23.0 Å². The van der Waals surface area contributed by atoms with Crippen LogP contribution in [0.5, 0.6) is 17.2 Å². The number of hydrogen-bond donors (Lipinski definition) is 2. The number of ether oxygens (including phenoxy) is 1. The lowest BCUT2D eigenvalue weighted by Gasteiger charge is -2.36. The van der Waals surface area contributed by atoms with E-state index in [9.17, 15) is 15.0 Å². The summed E-state index contributed by atoms with van der Waals surface area (Å²) in [5, 5.41) is 19.1. The quantitative estimate of drug-likeness (QED) is 0.356. The van der Waals surface area contributed by atoms with E-state index in [2.05, 4.69) is 0 Å². The van der Waals surface area contributed by atoms with Crippen LogP contribution in [0, 0.1) is 5.92 Å². The highest BCUT2D eigenvalue weighted by Crippen LogP contribution is 2.36. The first-order valence-corrected chi connectivity index (χ1v) is 9.59. The summed E-state index contributed by atoms with van der Waals surface area (Å²) in [6.07, 6.45) is 0.394. The molecular weight excluding hydrogens is 548 g/mol. The second kappa shape index (κ2) is 8.54. The average Bonchev–Trinajstić information content (AvgIpc) is 2.55. The number of nitrogens with zero attached hydrogens (tertiary/aromatic N) is 1. The van der Waals surface area contributed by atoms with Crippen LogP contribution in [0.15, 0.2) is 48.5 Å². The molecule has 5 nitrogen and oxygen atoms in total. The number of phenolic OH excluding ortho intramolecular Hbond substituents is 1. The van der Waals surface area contributed by atoms with Gasteiger partial charge in [-0.2, -0.15) is 1.33 Å². The van der Waals surface area contributed by atoms with Gasteiger partial charge in [-0.15, -0.1) is 0 Å². The van der Waals surface area contributed by atoms with Crippen LogP contribution in [0.25, 0.3) is 0 Å². The number of aliphatic carboxylic acids is 1. The molecular formula is C18H19I2NO4. The van der Waals surface area contributed by atoms with E-state index in [4.69, 9.17) is 4.74 Å². The molecule has 0 saturated heterocycles. The maximum Gasteiger partial charge on any atom is 0.326 e. The third kappa shape index (κ3) is 4.76. The van der Waals surface area contributed by atoms with Crippen LogP contribution in [-0.2, 0) is 11.2 Å². The summed E-state index contributed by atoms with van der Waals surface area (Å²) in [4.78, 5) is 11.9. The Kier molecular flexibility index (Phi) is 6.92. The van der Waals surface area contributed by atoms with E-state index in [1.54, 1.807) is 25.6 Å². The van der Waals surface area contributed by atoms with Crippen molar-refractivity contribution in [2.75, 3.05) is 0 Å². The number of benzene rings is 2. The van der Waals surface area contributed by atoms with Gasteiger partial charge in [-0.25, -0.2) is 0 Å². The smallest absolute Gasteiger partial charge is 0.326 e. The van der Waals surface area contributed by atoms with E-state index >= 15 is 0 Å². The van der Waals surface area contributed by atoms with Gasteiger partial charge in [-0.3, -0.25) is 4.79 Å². The summed E-state index contributed by atoms with van der Waals surface area (Å²) < 4.78 is 7.44. The van der Waals surface area contributed by atoms with Crippen LogP contribution in [0.3, 0.4) is 0 Å². The van der Waals surface area contributed by atoms with Crippen LogP contribution >= 0.6 is 45.7 Å². The van der Waals surface area contributed by atoms with Gasteiger partial charge in [0.2, 0.25) is 0 Å². The topological polar surface area (TPSA) is 70.0 Å². The Labute approximate surface area is 175 Å². The fourth-order valence-electron chi connectivity index (χ4n) is 2.49. The van der Waals surface area contributed by atoms with Crippen molar-refractivity contribution >= 4 is 51.7 Å². The van der Waals surface area contributed by atoms with E-state index in [0.717, 1.165) is 5.56 Å². The molecule has 0 heterocycles. The molecule has 0 amide bonds. The molecule has 7 heteroatoms. The number of halogens is 2. The van der Waals surface area contributed by atoms with Gasteiger partial charge in [-0.1, -0.05) is 26.0 Å². The third-order valence-corrected chi connectivity index (χ3v) is 5.82. The molecule has 0 fully saturated rings. The van der Waals surface area contributed by atoms with Gasteiger partial charge in [0.15, 0.2) is 0 Å². The highest BCUT2D eigenvalue weighted by Gasteiger charge is 2.46. The molecule has 0 aliphatic carbocycles. The minimum atomic E-state index is -0.986. The number of hydrogen-bond acceptors (Lipinski definition) is 4. The number of aromatic hydroxyl groups is 1. The lowest BCUT2D eigenvalue weighted by Crippen LogP contribution is -2.52. The summed E-state index contributed by atoms with van der Waals surface area (Å²) in [6, 6.07) is 13.9. The predicted octanol–water partition coefficient (Wildman–Crippen LogP) is 5.21. The van der Waals surface area contributed by atoms with Crippen LogP contribution in [0.4, 0.5) is 0 Å². The Morgan fingerprint density at radius 1 is 1.08 bits per heavy atom. The van der Waals surface area contributed by atoms with Gasteiger partial charge >= 0.3 is 5.97 Å². The Balaban J connectivity index is 2.18. The molecule has 0 saturated carbocycles. The summed E-state index contributed by atoms with van der Waals surface area (Å²) in [7, 11) is 0. The molecule has 0 aliphatic rings. The second-order valence-corrected chi connectivity index (χ2v) is 9.81. The Morgan fingerprint density at radius 2 is 1.56 bits per heavy atom. The molecule has 0 spiro atoms. The van der Waals surface area contributed by atoms with E-state index in [1.807, 2.05) is 83.8 Å². The molecule has 1 atom stereocenters. The van der Waals surface area contributed by atoms with Crippen LogP contribution in [0.2, 0.25) is 0 Å². The van der Waals surface area contributed by atoms with Gasteiger partial charge < -0.3 is 14.9 Å². The van der Waals surface area contributed by atoms with Crippen molar-refractivity contribution in [3.63, 3.8) is 0 Å². The lowest BCUT2D eigenvalue weighted by atomic mass is 9.82. The number of carboxylic acid groups (broad SMARTS) is 1. The van der Waals surface area contributed by atoms with Crippen LogP contribution in [0.1, 0.15) is 19.4 Å². The number of phenols is 1. The standard InChI is InChI=1S/C18H19I2NO4/c1-12(2)18(17(23)24,21(19)20)11-13-3-7-15(8-4-13)25-16-9-5-14(22)6-10-16/h3-10,12,22H,11H2,1-2H3,(H,23,24)/t18-/m1/s1. The normalized spacial score (nSPS) is 13.7. The first-order valence-electron chi connectivity index (χ1n) is 7.66. The monoisotopic (exact) mass is 567 g/mol.